The number of nitrogens with one attached hydrogen (secondary N) is 2. The van der Waals surface area contributed by atoms with Crippen LogP contribution in [0.2, 0.25) is 0 Å². The zero-order chi connectivity index (χ0) is 18.0. The monoisotopic (exact) mass is 464 g/mol. The first-order chi connectivity index (χ1) is 12.0. The number of halogens is 1. The molecule has 0 fully saturated rings. The average molecular weight is 464 g/mol. The fourth-order valence-corrected chi connectivity index (χ4v) is 2.94. The molecule has 3 aromatic rings. The summed E-state index contributed by atoms with van der Waals surface area (Å²) in [6.45, 7) is 6.86. The summed E-state index contributed by atoms with van der Waals surface area (Å²) >= 11 is 0. The van der Waals surface area contributed by atoms with Crippen molar-refractivity contribution in [2.45, 2.75) is 27.3 Å². The van der Waals surface area contributed by atoms with E-state index in [-0.39, 0.29) is 24.0 Å². The van der Waals surface area contributed by atoms with Crippen LogP contribution in [-0.4, -0.2) is 18.1 Å². The molecule has 0 aliphatic carbocycles. The lowest BCUT2D eigenvalue weighted by atomic mass is 10.0. The van der Waals surface area contributed by atoms with Crippen LogP contribution in [0.1, 0.15) is 22.4 Å². The van der Waals surface area contributed by atoms with Crippen LogP contribution in [0.15, 0.2) is 41.4 Å². The van der Waals surface area contributed by atoms with Crippen LogP contribution >= 0.6 is 24.0 Å². The highest BCUT2D eigenvalue weighted by Crippen LogP contribution is 2.26. The van der Waals surface area contributed by atoms with Crippen LogP contribution in [-0.2, 0) is 6.54 Å². The number of ether oxygens (including phenoxy) is 1. The van der Waals surface area contributed by atoms with Crippen molar-refractivity contribution in [2.24, 2.45) is 10.7 Å². The smallest absolute Gasteiger partial charge is 0.193 e. The Labute approximate surface area is 171 Å². The van der Waals surface area contributed by atoms with Crippen molar-refractivity contribution in [1.29, 1.82) is 0 Å². The summed E-state index contributed by atoms with van der Waals surface area (Å²) < 4.78 is 5.15. The number of nitrogens with two attached hydrogens (primary N) is 1. The lowest BCUT2D eigenvalue weighted by Crippen LogP contribution is -2.22. The van der Waals surface area contributed by atoms with Crippen LogP contribution in [0.4, 0.5) is 5.69 Å². The van der Waals surface area contributed by atoms with Crippen molar-refractivity contribution in [3.05, 3.63) is 58.8 Å². The maximum Gasteiger partial charge on any atom is 0.193 e. The predicted molar refractivity (Wildman–Crippen MR) is 120 cm³/mol. The van der Waals surface area contributed by atoms with Crippen molar-refractivity contribution in [2.75, 3.05) is 12.4 Å². The van der Waals surface area contributed by atoms with E-state index in [1.54, 1.807) is 7.11 Å². The molecule has 0 amide bonds. The van der Waals surface area contributed by atoms with Crippen molar-refractivity contribution < 1.29 is 4.74 Å². The number of hydrogen-bond donors (Lipinski definition) is 3. The predicted octanol–water partition coefficient (Wildman–Crippen LogP) is 4.65. The number of benzene rings is 2. The number of guanidine groups is 1. The third-order valence-corrected chi connectivity index (χ3v) is 4.43. The molecule has 6 heteroatoms. The van der Waals surface area contributed by atoms with E-state index < -0.39 is 0 Å². The Morgan fingerprint density at radius 3 is 2.50 bits per heavy atom. The molecule has 3 rings (SSSR count). The SMILES string of the molecule is COc1ccc(NC(N)=NCc2cc(C)cc3c(C)c(C)[nH]c23)cc1.I. The second kappa shape index (κ2) is 8.44. The standard InChI is InChI=1S/C20H24N4O.HI/c1-12-9-15(19-18(10-12)13(2)14(3)23-19)11-22-20(21)24-16-5-7-17(25-4)8-6-16;/h5-10,23H,11H2,1-4H3,(H3,21,22,24);1H. The summed E-state index contributed by atoms with van der Waals surface area (Å²) in [5.74, 6) is 1.19. The second-order valence-corrected chi connectivity index (χ2v) is 6.28. The topological polar surface area (TPSA) is 75.4 Å². The zero-order valence-electron chi connectivity index (χ0n) is 15.5. The number of methoxy groups -OCH3 is 1. The molecule has 1 aromatic heterocycles. The van der Waals surface area contributed by atoms with Crippen LogP contribution in [0.3, 0.4) is 0 Å². The highest BCUT2D eigenvalue weighted by molar-refractivity contribution is 14.0. The van der Waals surface area contributed by atoms with E-state index in [4.69, 9.17) is 10.5 Å². The number of fused-ring (bicyclic) bond motifs is 1. The van der Waals surface area contributed by atoms with E-state index in [9.17, 15) is 0 Å². The molecular formula is C20H25IN4O. The van der Waals surface area contributed by atoms with Gasteiger partial charge in [0.15, 0.2) is 5.96 Å². The molecule has 2 aromatic carbocycles. The van der Waals surface area contributed by atoms with E-state index in [0.29, 0.717) is 12.5 Å². The first-order valence-electron chi connectivity index (χ1n) is 8.27. The summed E-state index contributed by atoms with van der Waals surface area (Å²) in [6, 6.07) is 11.9. The number of anilines is 1. The van der Waals surface area contributed by atoms with Crippen LogP contribution in [0, 0.1) is 20.8 Å². The summed E-state index contributed by atoms with van der Waals surface area (Å²) in [7, 11) is 1.64. The van der Waals surface area contributed by atoms with E-state index >= 15 is 0 Å². The van der Waals surface area contributed by atoms with Gasteiger partial charge in [-0.3, -0.25) is 0 Å². The minimum atomic E-state index is 0. The molecule has 0 saturated heterocycles. The van der Waals surface area contributed by atoms with Gasteiger partial charge in [0.25, 0.3) is 0 Å². The second-order valence-electron chi connectivity index (χ2n) is 6.28. The molecule has 26 heavy (non-hydrogen) atoms. The third-order valence-electron chi connectivity index (χ3n) is 4.43. The molecule has 0 radical (unpaired) electrons. The van der Waals surface area contributed by atoms with Gasteiger partial charge in [-0.2, -0.15) is 0 Å². The number of hydrogen-bond acceptors (Lipinski definition) is 2. The average Bonchev–Trinajstić information content (AvgIpc) is 2.88. The minimum Gasteiger partial charge on any atom is -0.497 e. The molecule has 0 saturated carbocycles. The summed E-state index contributed by atoms with van der Waals surface area (Å²) in [6.07, 6.45) is 0. The number of aromatic amines is 1. The largest absolute Gasteiger partial charge is 0.497 e. The van der Waals surface area contributed by atoms with Crippen molar-refractivity contribution in [3.8, 4) is 5.75 Å². The van der Waals surface area contributed by atoms with Crippen LogP contribution < -0.4 is 15.8 Å². The van der Waals surface area contributed by atoms with E-state index in [1.807, 2.05) is 24.3 Å². The third kappa shape index (κ3) is 4.30. The maximum atomic E-state index is 6.04. The van der Waals surface area contributed by atoms with Gasteiger partial charge in [-0.15, -0.1) is 24.0 Å². The van der Waals surface area contributed by atoms with Gasteiger partial charge in [0.2, 0.25) is 0 Å². The minimum absolute atomic E-state index is 0. The zero-order valence-corrected chi connectivity index (χ0v) is 17.8. The van der Waals surface area contributed by atoms with Gasteiger partial charge in [-0.05, 0) is 62.2 Å². The Kier molecular flexibility index (Phi) is 6.52. The summed E-state index contributed by atoms with van der Waals surface area (Å²) in [5.41, 5.74) is 12.9. The molecule has 0 aliphatic rings. The number of rotatable bonds is 4. The van der Waals surface area contributed by atoms with Crippen molar-refractivity contribution in [3.63, 3.8) is 0 Å². The molecule has 138 valence electrons. The van der Waals surface area contributed by atoms with Crippen LogP contribution in [0.25, 0.3) is 10.9 Å². The number of aryl methyl sites for hydroxylation is 3. The first kappa shape index (κ1) is 20.1. The van der Waals surface area contributed by atoms with Crippen molar-refractivity contribution in [1.82, 2.24) is 4.98 Å². The fraction of sp³-hybridized carbons (Fsp3) is 0.250. The van der Waals surface area contributed by atoms with Gasteiger partial charge < -0.3 is 20.8 Å². The van der Waals surface area contributed by atoms with Gasteiger partial charge in [0.1, 0.15) is 5.75 Å². The summed E-state index contributed by atoms with van der Waals surface area (Å²) in [5, 5.41) is 4.36. The van der Waals surface area contributed by atoms with Gasteiger partial charge in [0.05, 0.1) is 19.2 Å². The molecule has 0 unspecified atom stereocenters. The Hall–Kier alpha value is -2.22. The maximum absolute atomic E-state index is 6.04. The quantitative estimate of drug-likeness (QED) is 0.299. The van der Waals surface area contributed by atoms with E-state index in [0.717, 1.165) is 22.5 Å². The Bertz CT molecular complexity index is 929. The van der Waals surface area contributed by atoms with Gasteiger partial charge in [-0.25, -0.2) is 4.99 Å². The normalized spacial score (nSPS) is 11.3. The summed E-state index contributed by atoms with van der Waals surface area (Å²) in [4.78, 5) is 7.96. The van der Waals surface area contributed by atoms with E-state index in [1.165, 1.54) is 22.2 Å². The number of nitrogens with zero attached hydrogens (tertiary/aromatic N) is 1. The van der Waals surface area contributed by atoms with Gasteiger partial charge in [0, 0.05) is 16.8 Å². The van der Waals surface area contributed by atoms with Crippen molar-refractivity contribution >= 4 is 46.5 Å². The number of aliphatic imine (C=N–C) groups is 1. The molecular weight excluding hydrogens is 439 g/mol. The molecule has 5 nitrogen and oxygen atoms in total. The Morgan fingerprint density at radius 2 is 1.85 bits per heavy atom. The Balaban J connectivity index is 0.00000243. The first-order valence-corrected chi connectivity index (χ1v) is 8.27. The molecule has 4 N–H and O–H groups in total. The highest BCUT2D eigenvalue weighted by Gasteiger charge is 2.09. The highest BCUT2D eigenvalue weighted by atomic mass is 127. The molecule has 0 spiro atoms. The lowest BCUT2D eigenvalue weighted by Gasteiger charge is -2.08. The van der Waals surface area contributed by atoms with Gasteiger partial charge >= 0.3 is 0 Å². The number of aromatic nitrogens is 1. The number of H-pyrrole nitrogens is 1. The lowest BCUT2D eigenvalue weighted by molar-refractivity contribution is 0.415. The molecule has 0 atom stereocenters. The molecule has 1 heterocycles. The Morgan fingerprint density at radius 1 is 1.15 bits per heavy atom. The molecule has 0 aliphatic heterocycles. The molecule has 0 bridgehead atoms. The fourth-order valence-electron chi connectivity index (χ4n) is 2.94. The van der Waals surface area contributed by atoms with Gasteiger partial charge in [-0.1, -0.05) is 11.6 Å². The van der Waals surface area contributed by atoms with E-state index in [2.05, 4.69) is 48.2 Å². The van der Waals surface area contributed by atoms with Crippen LogP contribution in [0.5, 0.6) is 5.75 Å².